The maximum Gasteiger partial charge on any atom is 0.417 e. The van der Waals surface area contributed by atoms with Crippen LogP contribution in [0.5, 0.6) is 0 Å². The van der Waals surface area contributed by atoms with Gasteiger partial charge in [0.25, 0.3) is 10.0 Å². The van der Waals surface area contributed by atoms with Crippen molar-refractivity contribution in [1.82, 2.24) is 9.97 Å². The van der Waals surface area contributed by atoms with Gasteiger partial charge in [0, 0.05) is 10.9 Å². The number of anilines is 1. The fraction of sp³-hybridized carbons (Fsp3) is 0.111. The molecule has 4 aromatic rings. The van der Waals surface area contributed by atoms with Crippen molar-refractivity contribution in [3.8, 4) is 11.3 Å². The van der Waals surface area contributed by atoms with Crippen LogP contribution < -0.4 is 10.5 Å². The number of H-pyrrole nitrogens is 1. The van der Waals surface area contributed by atoms with Gasteiger partial charge in [-0.2, -0.15) is 0 Å². The fourth-order valence-electron chi connectivity index (χ4n) is 2.61. The molecule has 0 fully saturated rings. The van der Waals surface area contributed by atoms with Crippen LogP contribution in [-0.2, 0) is 10.0 Å². The van der Waals surface area contributed by atoms with Crippen LogP contribution in [0.15, 0.2) is 55.9 Å². The van der Waals surface area contributed by atoms with Crippen LogP contribution in [-0.4, -0.2) is 18.4 Å². The molecule has 2 aromatic heterocycles. The minimum absolute atomic E-state index is 0.192. The summed E-state index contributed by atoms with van der Waals surface area (Å²) < 4.78 is 32.7. The van der Waals surface area contributed by atoms with E-state index < -0.39 is 15.8 Å². The van der Waals surface area contributed by atoms with Gasteiger partial charge in [-0.15, -0.1) is 11.3 Å². The van der Waals surface area contributed by atoms with Crippen molar-refractivity contribution < 1.29 is 12.8 Å². The second-order valence-corrected chi connectivity index (χ2v) is 8.66. The molecule has 0 spiro atoms. The summed E-state index contributed by atoms with van der Waals surface area (Å²) in [7, 11) is -3.72. The second kappa shape index (κ2) is 6.36. The topological polar surface area (TPSA) is 105 Å². The molecule has 27 heavy (non-hydrogen) atoms. The number of aryl methyl sites for hydroxylation is 2. The first-order chi connectivity index (χ1) is 12.8. The molecule has 2 heterocycles. The maximum atomic E-state index is 12.6. The summed E-state index contributed by atoms with van der Waals surface area (Å²) in [5, 5.41) is 2.00. The highest BCUT2D eigenvalue weighted by molar-refractivity contribution is 7.93. The Hall–Kier alpha value is -2.91. The van der Waals surface area contributed by atoms with Crippen LogP contribution in [0.2, 0.25) is 0 Å². The van der Waals surface area contributed by atoms with Crippen molar-refractivity contribution in [2.24, 2.45) is 0 Å². The Morgan fingerprint density at radius 2 is 1.93 bits per heavy atom. The van der Waals surface area contributed by atoms with Crippen LogP contribution in [0.3, 0.4) is 0 Å². The molecule has 0 unspecified atom stereocenters. The van der Waals surface area contributed by atoms with Crippen molar-refractivity contribution in [2.75, 3.05) is 4.72 Å². The SMILES string of the molecule is Cc1ccc(S(=O)(=O)Nc2nc(-c3ccc4[nH]c(=O)oc4c3)cs2)cc1C. The van der Waals surface area contributed by atoms with E-state index in [9.17, 15) is 13.2 Å². The minimum Gasteiger partial charge on any atom is -0.408 e. The first kappa shape index (κ1) is 17.5. The van der Waals surface area contributed by atoms with Crippen LogP contribution in [0.1, 0.15) is 11.1 Å². The first-order valence-electron chi connectivity index (χ1n) is 8.01. The Bertz CT molecular complexity index is 1320. The van der Waals surface area contributed by atoms with Crippen molar-refractivity contribution >= 4 is 37.6 Å². The van der Waals surface area contributed by atoms with Gasteiger partial charge in [-0.1, -0.05) is 12.1 Å². The third-order valence-corrected chi connectivity index (χ3v) is 6.45. The lowest BCUT2D eigenvalue weighted by atomic mass is 10.1. The van der Waals surface area contributed by atoms with Gasteiger partial charge in [0.15, 0.2) is 10.7 Å². The number of nitrogens with zero attached hydrogens (tertiary/aromatic N) is 1. The first-order valence-corrected chi connectivity index (χ1v) is 10.4. The van der Waals surface area contributed by atoms with E-state index in [4.69, 9.17) is 4.42 Å². The number of oxazole rings is 1. The van der Waals surface area contributed by atoms with E-state index in [2.05, 4.69) is 14.7 Å². The predicted octanol–water partition coefficient (Wildman–Crippen LogP) is 3.66. The summed E-state index contributed by atoms with van der Waals surface area (Å²) >= 11 is 1.18. The number of hydrogen-bond acceptors (Lipinski definition) is 6. The Morgan fingerprint density at radius 1 is 1.11 bits per heavy atom. The molecule has 0 amide bonds. The zero-order valence-corrected chi connectivity index (χ0v) is 16.1. The molecule has 0 bridgehead atoms. The molecule has 2 aromatic carbocycles. The van der Waals surface area contributed by atoms with Gasteiger partial charge in [0.2, 0.25) is 0 Å². The molecular formula is C18H15N3O4S2. The zero-order chi connectivity index (χ0) is 19.2. The van der Waals surface area contributed by atoms with E-state index in [0.29, 0.717) is 16.8 Å². The summed E-state index contributed by atoms with van der Waals surface area (Å²) in [5.74, 6) is -0.526. The molecule has 0 aliphatic heterocycles. The van der Waals surface area contributed by atoms with Gasteiger partial charge < -0.3 is 4.42 Å². The van der Waals surface area contributed by atoms with Gasteiger partial charge in [-0.3, -0.25) is 9.71 Å². The van der Waals surface area contributed by atoms with E-state index in [-0.39, 0.29) is 10.0 Å². The van der Waals surface area contributed by atoms with Crippen LogP contribution in [0.25, 0.3) is 22.4 Å². The van der Waals surface area contributed by atoms with Crippen molar-refractivity contribution in [3.05, 3.63) is 63.5 Å². The predicted molar refractivity (Wildman–Crippen MR) is 105 cm³/mol. The van der Waals surface area contributed by atoms with Gasteiger partial charge in [0.05, 0.1) is 16.1 Å². The average molecular weight is 401 g/mol. The highest BCUT2D eigenvalue weighted by Gasteiger charge is 2.17. The number of nitrogens with one attached hydrogen (secondary N) is 2. The molecule has 9 heteroatoms. The van der Waals surface area contributed by atoms with Crippen LogP contribution in [0.4, 0.5) is 5.13 Å². The number of aromatic amines is 1. The second-order valence-electron chi connectivity index (χ2n) is 6.11. The third kappa shape index (κ3) is 3.38. The third-order valence-electron chi connectivity index (χ3n) is 4.23. The molecule has 0 aliphatic rings. The average Bonchev–Trinajstić information content (AvgIpc) is 3.21. The Kier molecular flexibility index (Phi) is 4.12. The molecule has 0 atom stereocenters. The molecule has 138 valence electrons. The monoisotopic (exact) mass is 401 g/mol. The normalized spacial score (nSPS) is 11.8. The highest BCUT2D eigenvalue weighted by atomic mass is 32.2. The number of rotatable bonds is 4. The number of thiazole rings is 1. The largest absolute Gasteiger partial charge is 0.417 e. The van der Waals surface area contributed by atoms with Crippen molar-refractivity contribution in [3.63, 3.8) is 0 Å². The van der Waals surface area contributed by atoms with E-state index in [0.717, 1.165) is 16.7 Å². The zero-order valence-electron chi connectivity index (χ0n) is 14.4. The van der Waals surface area contributed by atoms with Gasteiger partial charge in [0.1, 0.15) is 0 Å². The summed E-state index contributed by atoms with van der Waals surface area (Å²) in [5.41, 5.74) is 4.25. The molecule has 0 saturated heterocycles. The molecular weight excluding hydrogens is 386 g/mol. The molecule has 4 rings (SSSR count). The van der Waals surface area contributed by atoms with Gasteiger partial charge >= 0.3 is 5.76 Å². The van der Waals surface area contributed by atoms with E-state index >= 15 is 0 Å². The molecule has 0 radical (unpaired) electrons. The summed E-state index contributed by atoms with van der Waals surface area (Å²) in [6, 6.07) is 10.2. The van der Waals surface area contributed by atoms with Gasteiger partial charge in [-0.05, 0) is 49.2 Å². The van der Waals surface area contributed by atoms with Crippen molar-refractivity contribution in [1.29, 1.82) is 0 Å². The number of sulfonamides is 1. The number of aromatic nitrogens is 2. The quantitative estimate of drug-likeness (QED) is 0.543. The fourth-order valence-corrected chi connectivity index (χ4v) is 4.67. The standard InChI is InChI=1S/C18H15N3O4S2/c1-10-3-5-13(7-11(10)2)27(23,24)21-17-19-15(9-26-17)12-4-6-14-16(8-12)25-18(22)20-14/h3-9H,1-2H3,(H,19,21)(H,20,22). The Balaban J connectivity index is 1.63. The molecule has 2 N–H and O–H groups in total. The van der Waals surface area contributed by atoms with E-state index in [1.807, 2.05) is 13.8 Å². The van der Waals surface area contributed by atoms with E-state index in [1.165, 1.54) is 11.3 Å². The Morgan fingerprint density at radius 3 is 2.70 bits per heavy atom. The van der Waals surface area contributed by atoms with Crippen LogP contribution >= 0.6 is 11.3 Å². The maximum absolute atomic E-state index is 12.6. The summed E-state index contributed by atoms with van der Waals surface area (Å²) in [4.78, 5) is 18.4. The summed E-state index contributed by atoms with van der Waals surface area (Å²) in [6.07, 6.45) is 0. The molecule has 7 nitrogen and oxygen atoms in total. The lowest BCUT2D eigenvalue weighted by Crippen LogP contribution is -2.13. The highest BCUT2D eigenvalue weighted by Crippen LogP contribution is 2.28. The molecule has 0 saturated carbocycles. The Labute approximate surface area is 158 Å². The van der Waals surface area contributed by atoms with Gasteiger partial charge in [-0.25, -0.2) is 18.2 Å². The van der Waals surface area contributed by atoms with Crippen LogP contribution in [0, 0.1) is 13.8 Å². The number of benzene rings is 2. The smallest absolute Gasteiger partial charge is 0.408 e. The number of hydrogen-bond donors (Lipinski definition) is 2. The minimum atomic E-state index is -3.72. The summed E-state index contributed by atoms with van der Waals surface area (Å²) in [6.45, 7) is 3.79. The molecule has 0 aliphatic carbocycles. The lowest BCUT2D eigenvalue weighted by molar-refractivity contribution is 0.555. The lowest BCUT2D eigenvalue weighted by Gasteiger charge is -2.07. The van der Waals surface area contributed by atoms with E-state index in [1.54, 1.807) is 41.8 Å². The van der Waals surface area contributed by atoms with Crippen molar-refractivity contribution in [2.45, 2.75) is 18.7 Å². The number of fused-ring (bicyclic) bond motifs is 1.